The quantitative estimate of drug-likeness (QED) is 0.631. The second-order valence-corrected chi connectivity index (χ2v) is 7.57. The molecular formula is C16H28O5Si. The summed E-state index contributed by atoms with van der Waals surface area (Å²) in [6, 6.07) is 6.21. The summed E-state index contributed by atoms with van der Waals surface area (Å²) in [4.78, 5) is 0. The minimum absolute atomic E-state index is 0.160. The maximum Gasteiger partial charge on any atom is 0.500 e. The van der Waals surface area contributed by atoms with Crippen molar-refractivity contribution in [1.82, 2.24) is 0 Å². The second-order valence-electron chi connectivity index (χ2n) is 4.84. The molecule has 0 amide bonds. The van der Waals surface area contributed by atoms with Crippen LogP contribution < -0.4 is 4.74 Å². The Balaban J connectivity index is 2.64. The molecule has 0 bridgehead atoms. The molecule has 0 radical (unpaired) electrons. The van der Waals surface area contributed by atoms with Gasteiger partial charge in [-0.05, 0) is 51.3 Å². The number of aromatic hydroxyl groups is 1. The lowest BCUT2D eigenvalue weighted by Gasteiger charge is -2.28. The Bertz CT molecular complexity index is 422. The van der Waals surface area contributed by atoms with Crippen LogP contribution in [-0.4, -0.2) is 40.8 Å². The first-order valence-corrected chi connectivity index (χ1v) is 9.81. The molecule has 0 heterocycles. The van der Waals surface area contributed by atoms with Crippen LogP contribution in [0.3, 0.4) is 0 Å². The van der Waals surface area contributed by atoms with Crippen LogP contribution in [-0.2, 0) is 19.7 Å². The Kier molecular flexibility index (Phi) is 8.48. The number of benzene rings is 1. The Labute approximate surface area is 134 Å². The smallest absolute Gasteiger partial charge is 0.500 e. The summed E-state index contributed by atoms with van der Waals surface area (Å²) in [6.07, 6.45) is 1.76. The van der Waals surface area contributed by atoms with E-state index < -0.39 is 8.80 Å². The van der Waals surface area contributed by atoms with Crippen molar-refractivity contribution in [3.05, 3.63) is 23.8 Å². The second kappa shape index (κ2) is 9.84. The van der Waals surface area contributed by atoms with Gasteiger partial charge in [-0.2, -0.15) is 0 Å². The van der Waals surface area contributed by atoms with Gasteiger partial charge in [0.15, 0.2) is 11.5 Å². The molecule has 0 saturated heterocycles. The van der Waals surface area contributed by atoms with Crippen molar-refractivity contribution in [2.45, 2.75) is 39.7 Å². The first-order chi connectivity index (χ1) is 10.6. The van der Waals surface area contributed by atoms with Gasteiger partial charge in [-0.3, -0.25) is 0 Å². The lowest BCUT2D eigenvalue weighted by atomic mass is 10.1. The van der Waals surface area contributed by atoms with Crippen molar-refractivity contribution in [3.63, 3.8) is 0 Å². The van der Waals surface area contributed by atoms with Gasteiger partial charge in [-0.1, -0.05) is 6.07 Å². The minimum Gasteiger partial charge on any atom is -0.504 e. The predicted molar refractivity (Wildman–Crippen MR) is 88.4 cm³/mol. The van der Waals surface area contributed by atoms with Gasteiger partial charge >= 0.3 is 8.80 Å². The van der Waals surface area contributed by atoms with Crippen molar-refractivity contribution in [2.75, 3.05) is 26.9 Å². The third kappa shape index (κ3) is 5.60. The zero-order chi connectivity index (χ0) is 16.4. The van der Waals surface area contributed by atoms with Gasteiger partial charge in [0, 0.05) is 25.9 Å². The van der Waals surface area contributed by atoms with E-state index in [4.69, 9.17) is 18.0 Å². The van der Waals surface area contributed by atoms with Gasteiger partial charge in [0.05, 0.1) is 7.11 Å². The van der Waals surface area contributed by atoms with Gasteiger partial charge in [0.1, 0.15) is 0 Å². The molecule has 0 aliphatic heterocycles. The molecule has 0 aromatic heterocycles. The molecule has 1 aromatic carbocycles. The maximum atomic E-state index is 9.62. The van der Waals surface area contributed by atoms with E-state index in [9.17, 15) is 5.11 Å². The van der Waals surface area contributed by atoms with Crippen LogP contribution in [0.2, 0.25) is 6.04 Å². The van der Waals surface area contributed by atoms with Gasteiger partial charge in [0.25, 0.3) is 0 Å². The van der Waals surface area contributed by atoms with Crippen LogP contribution >= 0.6 is 0 Å². The molecule has 0 fully saturated rings. The largest absolute Gasteiger partial charge is 0.504 e. The molecule has 0 unspecified atom stereocenters. The Hall–Kier alpha value is -1.08. The lowest BCUT2D eigenvalue weighted by Crippen LogP contribution is -2.46. The number of ether oxygens (including phenoxy) is 1. The molecule has 1 N–H and O–H groups in total. The van der Waals surface area contributed by atoms with Crippen molar-refractivity contribution in [3.8, 4) is 11.5 Å². The van der Waals surface area contributed by atoms with E-state index in [1.165, 1.54) is 0 Å². The zero-order valence-electron chi connectivity index (χ0n) is 14.1. The molecule has 5 nitrogen and oxygen atoms in total. The zero-order valence-corrected chi connectivity index (χ0v) is 15.1. The Morgan fingerprint density at radius 2 is 1.59 bits per heavy atom. The SMILES string of the molecule is CCO[Si](CCCc1ccc(O)c(OC)c1)(OCC)OCC. The number of phenolic OH excluding ortho intramolecular Hbond substituents is 1. The van der Waals surface area contributed by atoms with Crippen molar-refractivity contribution < 1.29 is 23.1 Å². The van der Waals surface area contributed by atoms with Crippen LogP contribution in [0.25, 0.3) is 0 Å². The third-order valence-corrected chi connectivity index (χ3v) is 6.44. The van der Waals surface area contributed by atoms with Gasteiger partial charge in [-0.15, -0.1) is 0 Å². The molecule has 0 saturated carbocycles. The summed E-state index contributed by atoms with van der Waals surface area (Å²) in [5.74, 6) is 0.661. The molecule has 22 heavy (non-hydrogen) atoms. The van der Waals surface area contributed by atoms with E-state index in [2.05, 4.69) is 0 Å². The fourth-order valence-electron chi connectivity index (χ4n) is 2.39. The number of aryl methyl sites for hydroxylation is 1. The predicted octanol–water partition coefficient (Wildman–Crippen LogP) is 3.38. The number of hydrogen-bond acceptors (Lipinski definition) is 5. The molecule has 1 aromatic rings. The maximum absolute atomic E-state index is 9.62. The van der Waals surface area contributed by atoms with Gasteiger partial charge < -0.3 is 23.1 Å². The van der Waals surface area contributed by atoms with E-state index in [1.54, 1.807) is 13.2 Å². The summed E-state index contributed by atoms with van der Waals surface area (Å²) in [7, 11) is -1.01. The number of phenols is 1. The monoisotopic (exact) mass is 328 g/mol. The van der Waals surface area contributed by atoms with Crippen LogP contribution in [0.1, 0.15) is 32.8 Å². The molecule has 0 aliphatic carbocycles. The number of hydrogen-bond donors (Lipinski definition) is 1. The summed E-state index contributed by atoms with van der Waals surface area (Å²) in [5, 5.41) is 9.62. The molecule has 1 rings (SSSR count). The van der Waals surface area contributed by atoms with Crippen LogP contribution in [0.15, 0.2) is 18.2 Å². The fraction of sp³-hybridized carbons (Fsp3) is 0.625. The van der Waals surface area contributed by atoms with Crippen LogP contribution in [0.4, 0.5) is 0 Å². The average molecular weight is 328 g/mol. The minimum atomic E-state index is -2.56. The molecule has 0 aliphatic rings. The topological polar surface area (TPSA) is 57.2 Å². The Morgan fingerprint density at radius 1 is 1.00 bits per heavy atom. The summed E-state index contributed by atoms with van der Waals surface area (Å²) < 4.78 is 22.7. The van der Waals surface area contributed by atoms with Crippen molar-refractivity contribution in [2.24, 2.45) is 0 Å². The van der Waals surface area contributed by atoms with Gasteiger partial charge in [-0.25, -0.2) is 0 Å². The van der Waals surface area contributed by atoms with Crippen molar-refractivity contribution >= 4 is 8.80 Å². The third-order valence-electron chi connectivity index (χ3n) is 3.29. The molecule has 0 atom stereocenters. The molecular weight excluding hydrogens is 300 g/mol. The highest BCUT2D eigenvalue weighted by Gasteiger charge is 2.39. The Morgan fingerprint density at radius 3 is 2.09 bits per heavy atom. The van der Waals surface area contributed by atoms with E-state index >= 15 is 0 Å². The average Bonchev–Trinajstić information content (AvgIpc) is 2.50. The van der Waals surface area contributed by atoms with Crippen molar-refractivity contribution in [1.29, 1.82) is 0 Å². The highest BCUT2D eigenvalue weighted by molar-refractivity contribution is 6.60. The first-order valence-electron chi connectivity index (χ1n) is 7.88. The standard InChI is InChI=1S/C16H28O5Si/c1-5-19-22(20-6-2,21-7-3)12-8-9-14-10-11-15(17)16(13-14)18-4/h10-11,13,17H,5-9,12H2,1-4H3. The van der Waals surface area contributed by atoms with E-state index in [-0.39, 0.29) is 5.75 Å². The first kappa shape index (κ1) is 19.0. The van der Waals surface area contributed by atoms with Crippen LogP contribution in [0, 0.1) is 0 Å². The number of rotatable bonds is 11. The molecule has 6 heteroatoms. The summed E-state index contributed by atoms with van der Waals surface area (Å²) >= 11 is 0. The number of methoxy groups -OCH3 is 1. The van der Waals surface area contributed by atoms with Crippen LogP contribution in [0.5, 0.6) is 11.5 Å². The van der Waals surface area contributed by atoms with Gasteiger partial charge in [0.2, 0.25) is 0 Å². The molecule has 0 spiro atoms. The van der Waals surface area contributed by atoms with E-state index in [0.29, 0.717) is 25.6 Å². The highest BCUT2D eigenvalue weighted by atomic mass is 28.4. The fourth-order valence-corrected chi connectivity index (χ4v) is 5.00. The highest BCUT2D eigenvalue weighted by Crippen LogP contribution is 2.27. The van der Waals surface area contributed by atoms with E-state index in [0.717, 1.165) is 24.4 Å². The molecule has 126 valence electrons. The summed E-state index contributed by atoms with van der Waals surface area (Å²) in [5.41, 5.74) is 1.11. The summed E-state index contributed by atoms with van der Waals surface area (Å²) in [6.45, 7) is 7.68. The van der Waals surface area contributed by atoms with E-state index in [1.807, 2.05) is 32.9 Å². The normalized spacial score (nSPS) is 11.6. The lowest BCUT2D eigenvalue weighted by molar-refractivity contribution is 0.0708.